The predicted molar refractivity (Wildman–Crippen MR) is 59.1 cm³/mol. The van der Waals surface area contributed by atoms with Crippen molar-refractivity contribution >= 4 is 0 Å². The minimum absolute atomic E-state index is 0.794. The van der Waals surface area contributed by atoms with E-state index in [4.69, 9.17) is 0 Å². The molecule has 1 rings (SSSR count). The fourth-order valence-corrected chi connectivity index (χ4v) is 1.49. The molecule has 0 aliphatic carbocycles. The Bertz CT molecular complexity index is 253. The van der Waals surface area contributed by atoms with Crippen molar-refractivity contribution in [1.29, 1.82) is 0 Å². The summed E-state index contributed by atoms with van der Waals surface area (Å²) in [4.78, 5) is 0. The number of nitrogens with one attached hydrogen (secondary N) is 1. The first-order chi connectivity index (χ1) is 6.72. The lowest BCUT2D eigenvalue weighted by Crippen LogP contribution is -2.04. The second-order valence-corrected chi connectivity index (χ2v) is 4.18. The summed E-state index contributed by atoms with van der Waals surface area (Å²) < 4.78 is 2.04. The Labute approximate surface area is 86.5 Å². The first-order valence-corrected chi connectivity index (χ1v) is 5.38. The lowest BCUT2D eigenvalue weighted by Gasteiger charge is -2.04. The Morgan fingerprint density at radius 3 is 2.93 bits per heavy atom. The van der Waals surface area contributed by atoms with Gasteiger partial charge in [-0.25, -0.2) is 0 Å². The topological polar surface area (TPSA) is 29.9 Å². The van der Waals surface area contributed by atoms with Crippen LogP contribution in [0.1, 0.15) is 32.3 Å². The maximum atomic E-state index is 4.31. The molecule has 1 N–H and O–H groups in total. The van der Waals surface area contributed by atoms with Gasteiger partial charge in [0.25, 0.3) is 0 Å². The van der Waals surface area contributed by atoms with Gasteiger partial charge in [0, 0.05) is 24.8 Å². The van der Waals surface area contributed by atoms with Gasteiger partial charge in [0.1, 0.15) is 0 Å². The normalized spacial score (nSPS) is 11.1. The van der Waals surface area contributed by atoms with Crippen LogP contribution in [0, 0.1) is 5.92 Å². The Hall–Kier alpha value is -0.830. The number of hydrogen-bond acceptors (Lipinski definition) is 2. The zero-order valence-electron chi connectivity index (χ0n) is 9.45. The molecule has 0 unspecified atom stereocenters. The summed E-state index contributed by atoms with van der Waals surface area (Å²) in [6, 6.07) is 0. The Kier molecular flexibility index (Phi) is 4.66. The van der Waals surface area contributed by atoms with Crippen LogP contribution < -0.4 is 5.32 Å². The quantitative estimate of drug-likeness (QED) is 0.752. The predicted octanol–water partition coefficient (Wildman–Crippen LogP) is 2.04. The van der Waals surface area contributed by atoms with Gasteiger partial charge in [-0.2, -0.15) is 5.10 Å². The van der Waals surface area contributed by atoms with E-state index in [1.807, 2.05) is 17.9 Å². The Morgan fingerprint density at radius 2 is 2.29 bits per heavy atom. The van der Waals surface area contributed by atoms with E-state index in [1.165, 1.54) is 18.4 Å². The second-order valence-electron chi connectivity index (χ2n) is 4.18. The first-order valence-electron chi connectivity index (χ1n) is 5.38. The van der Waals surface area contributed by atoms with E-state index in [-0.39, 0.29) is 0 Å². The van der Waals surface area contributed by atoms with E-state index < -0.39 is 0 Å². The highest BCUT2D eigenvalue weighted by atomic mass is 15.3. The van der Waals surface area contributed by atoms with Gasteiger partial charge in [-0.1, -0.05) is 13.8 Å². The van der Waals surface area contributed by atoms with Crippen LogP contribution in [0.4, 0.5) is 0 Å². The molecule has 14 heavy (non-hydrogen) atoms. The van der Waals surface area contributed by atoms with Crippen LogP contribution in [0.25, 0.3) is 0 Å². The molecule has 0 spiro atoms. The molecule has 0 saturated heterocycles. The summed E-state index contributed by atoms with van der Waals surface area (Å²) in [5, 5.41) is 7.43. The van der Waals surface area contributed by atoms with Crippen LogP contribution in [0.15, 0.2) is 12.4 Å². The number of aromatic nitrogens is 2. The molecule has 0 aliphatic rings. The largest absolute Gasteiger partial charge is 0.316 e. The van der Waals surface area contributed by atoms with E-state index in [1.54, 1.807) is 0 Å². The highest BCUT2D eigenvalue weighted by molar-refractivity contribution is 5.02. The van der Waals surface area contributed by atoms with Crippen LogP contribution >= 0.6 is 0 Å². The average molecular weight is 195 g/mol. The molecule has 1 aromatic heterocycles. The molecular formula is C11H21N3. The smallest absolute Gasteiger partial charge is 0.0534 e. The van der Waals surface area contributed by atoms with Crippen molar-refractivity contribution in [2.45, 2.75) is 39.8 Å². The molecule has 0 bridgehead atoms. The molecule has 3 nitrogen and oxygen atoms in total. The van der Waals surface area contributed by atoms with E-state index in [0.717, 1.165) is 19.0 Å². The minimum atomic E-state index is 0.794. The average Bonchev–Trinajstić information content (AvgIpc) is 2.53. The number of aryl methyl sites for hydroxylation is 1. The molecule has 0 saturated carbocycles. The van der Waals surface area contributed by atoms with Crippen LogP contribution in [-0.2, 0) is 13.1 Å². The Balaban J connectivity index is 2.28. The van der Waals surface area contributed by atoms with Gasteiger partial charge in [-0.05, 0) is 25.8 Å². The van der Waals surface area contributed by atoms with Gasteiger partial charge in [-0.15, -0.1) is 0 Å². The van der Waals surface area contributed by atoms with Gasteiger partial charge in [0.15, 0.2) is 0 Å². The minimum Gasteiger partial charge on any atom is -0.316 e. The van der Waals surface area contributed by atoms with Gasteiger partial charge in [0.2, 0.25) is 0 Å². The highest BCUT2D eigenvalue weighted by Crippen LogP contribution is 2.05. The summed E-state index contributed by atoms with van der Waals surface area (Å²) in [7, 11) is 1.95. The molecular weight excluding hydrogens is 174 g/mol. The maximum absolute atomic E-state index is 4.31. The number of nitrogens with zero attached hydrogens (tertiary/aromatic N) is 2. The SMILES string of the molecule is CNCc1cnn(CCCC(C)C)c1. The van der Waals surface area contributed by atoms with E-state index in [2.05, 4.69) is 30.5 Å². The van der Waals surface area contributed by atoms with Crippen molar-refractivity contribution in [2.75, 3.05) is 7.05 Å². The fourth-order valence-electron chi connectivity index (χ4n) is 1.49. The van der Waals surface area contributed by atoms with Crippen LogP contribution in [0.2, 0.25) is 0 Å². The van der Waals surface area contributed by atoms with E-state index >= 15 is 0 Å². The van der Waals surface area contributed by atoms with Crippen LogP contribution in [-0.4, -0.2) is 16.8 Å². The zero-order valence-corrected chi connectivity index (χ0v) is 9.45. The summed E-state index contributed by atoms with van der Waals surface area (Å²) in [6.07, 6.45) is 6.56. The maximum Gasteiger partial charge on any atom is 0.0534 e. The second kappa shape index (κ2) is 5.81. The molecule has 3 heteroatoms. The van der Waals surface area contributed by atoms with Crippen molar-refractivity contribution in [2.24, 2.45) is 5.92 Å². The van der Waals surface area contributed by atoms with Crippen molar-refractivity contribution in [3.63, 3.8) is 0 Å². The molecule has 0 radical (unpaired) electrons. The summed E-state index contributed by atoms with van der Waals surface area (Å²) in [5.74, 6) is 0.794. The molecule has 0 atom stereocenters. The summed E-state index contributed by atoms with van der Waals surface area (Å²) >= 11 is 0. The molecule has 0 amide bonds. The third-order valence-electron chi connectivity index (χ3n) is 2.24. The summed E-state index contributed by atoms with van der Waals surface area (Å²) in [5.41, 5.74) is 1.26. The zero-order chi connectivity index (χ0) is 10.4. The van der Waals surface area contributed by atoms with Gasteiger partial charge < -0.3 is 5.32 Å². The van der Waals surface area contributed by atoms with Crippen molar-refractivity contribution in [1.82, 2.24) is 15.1 Å². The van der Waals surface area contributed by atoms with Crippen molar-refractivity contribution < 1.29 is 0 Å². The molecule has 0 aromatic carbocycles. The van der Waals surface area contributed by atoms with Gasteiger partial charge in [-0.3, -0.25) is 4.68 Å². The third kappa shape index (κ3) is 3.92. The van der Waals surface area contributed by atoms with Gasteiger partial charge in [0.05, 0.1) is 6.20 Å². The van der Waals surface area contributed by atoms with Crippen LogP contribution in [0.5, 0.6) is 0 Å². The number of hydrogen-bond donors (Lipinski definition) is 1. The lowest BCUT2D eigenvalue weighted by molar-refractivity contribution is 0.489. The molecule has 1 aromatic rings. The lowest BCUT2D eigenvalue weighted by atomic mass is 10.1. The molecule has 0 fully saturated rings. The van der Waals surface area contributed by atoms with E-state index in [0.29, 0.717) is 0 Å². The van der Waals surface area contributed by atoms with Crippen molar-refractivity contribution in [3.8, 4) is 0 Å². The number of rotatable bonds is 6. The molecule has 1 heterocycles. The monoisotopic (exact) mass is 195 g/mol. The Morgan fingerprint density at radius 1 is 1.50 bits per heavy atom. The third-order valence-corrected chi connectivity index (χ3v) is 2.24. The standard InChI is InChI=1S/C11H21N3/c1-10(2)5-4-6-14-9-11(7-12-3)8-13-14/h8-10,12H,4-7H2,1-3H3. The highest BCUT2D eigenvalue weighted by Gasteiger charge is 1.98. The van der Waals surface area contributed by atoms with Crippen molar-refractivity contribution in [3.05, 3.63) is 18.0 Å². The summed E-state index contributed by atoms with van der Waals surface area (Å²) in [6.45, 7) is 6.47. The molecule has 0 aliphatic heterocycles. The fraction of sp³-hybridized carbons (Fsp3) is 0.727. The molecule has 80 valence electrons. The van der Waals surface area contributed by atoms with E-state index in [9.17, 15) is 0 Å². The first kappa shape index (κ1) is 11.2. The van der Waals surface area contributed by atoms with Gasteiger partial charge >= 0.3 is 0 Å². The van der Waals surface area contributed by atoms with Crippen LogP contribution in [0.3, 0.4) is 0 Å².